The number of benzene rings is 1. The first-order valence-electron chi connectivity index (χ1n) is 7.62. The van der Waals surface area contributed by atoms with Gasteiger partial charge >= 0.3 is 6.01 Å². The van der Waals surface area contributed by atoms with Crippen LogP contribution in [0.25, 0.3) is 5.69 Å². The first-order valence-corrected chi connectivity index (χ1v) is 9.10. The Balaban J connectivity index is 1.89. The van der Waals surface area contributed by atoms with Crippen molar-refractivity contribution in [3.05, 3.63) is 48.9 Å². The highest BCUT2D eigenvalue weighted by atomic mass is 32.2. The van der Waals surface area contributed by atoms with Gasteiger partial charge in [0.25, 0.3) is 10.0 Å². The van der Waals surface area contributed by atoms with Crippen molar-refractivity contribution in [1.29, 1.82) is 0 Å². The number of anilines is 2. The Morgan fingerprint density at radius 2 is 1.92 bits per heavy atom. The van der Waals surface area contributed by atoms with Crippen LogP contribution >= 0.6 is 0 Å². The van der Waals surface area contributed by atoms with Gasteiger partial charge in [0, 0.05) is 26.5 Å². The molecule has 3 aromatic rings. The zero-order chi connectivity index (χ0) is 18.7. The van der Waals surface area contributed by atoms with Crippen molar-refractivity contribution >= 4 is 21.5 Å². The van der Waals surface area contributed by atoms with Crippen LogP contribution in [0.15, 0.2) is 53.8 Å². The van der Waals surface area contributed by atoms with E-state index in [0.717, 1.165) is 5.69 Å². The number of aromatic nitrogens is 4. The molecule has 136 valence electrons. The molecule has 0 atom stereocenters. The van der Waals surface area contributed by atoms with E-state index in [1.54, 1.807) is 54.3 Å². The largest absolute Gasteiger partial charge is 0.467 e. The van der Waals surface area contributed by atoms with Gasteiger partial charge in [-0.25, -0.2) is 18.1 Å². The Hall–Kier alpha value is -3.14. The van der Waals surface area contributed by atoms with Crippen molar-refractivity contribution in [3.63, 3.8) is 0 Å². The standard InChI is InChI=1S/C16H18N6O3S/c1-21(2)15-14(11-17-16(19-15)25-3)20-26(23,24)13-7-5-12(6-8-13)22-10-4-9-18-22/h4-11,20H,1-3H3. The highest BCUT2D eigenvalue weighted by Crippen LogP contribution is 2.26. The van der Waals surface area contributed by atoms with E-state index < -0.39 is 10.0 Å². The normalized spacial score (nSPS) is 11.2. The molecule has 0 aliphatic carbocycles. The van der Waals surface area contributed by atoms with Crippen LogP contribution in [0.3, 0.4) is 0 Å². The molecule has 0 unspecified atom stereocenters. The van der Waals surface area contributed by atoms with Crippen LogP contribution in [0.5, 0.6) is 6.01 Å². The van der Waals surface area contributed by atoms with Gasteiger partial charge in [-0.1, -0.05) is 0 Å². The number of hydrogen-bond acceptors (Lipinski definition) is 7. The first-order chi connectivity index (χ1) is 12.4. The minimum absolute atomic E-state index is 0.119. The fraction of sp³-hybridized carbons (Fsp3) is 0.188. The maximum Gasteiger partial charge on any atom is 0.318 e. The lowest BCUT2D eigenvalue weighted by atomic mass is 10.3. The van der Waals surface area contributed by atoms with E-state index in [1.807, 2.05) is 0 Å². The first kappa shape index (κ1) is 17.7. The molecule has 0 saturated carbocycles. The summed E-state index contributed by atoms with van der Waals surface area (Å²) in [5.41, 5.74) is 1.02. The third-order valence-electron chi connectivity index (χ3n) is 3.51. The third kappa shape index (κ3) is 3.59. The van der Waals surface area contributed by atoms with Crippen LogP contribution in [0.2, 0.25) is 0 Å². The Morgan fingerprint density at radius 1 is 1.19 bits per heavy atom. The zero-order valence-corrected chi connectivity index (χ0v) is 15.3. The van der Waals surface area contributed by atoms with E-state index in [2.05, 4.69) is 19.8 Å². The molecular weight excluding hydrogens is 356 g/mol. The lowest BCUT2D eigenvalue weighted by Crippen LogP contribution is -2.19. The fourth-order valence-corrected chi connectivity index (χ4v) is 3.32. The molecule has 0 radical (unpaired) electrons. The summed E-state index contributed by atoms with van der Waals surface area (Å²) in [5, 5.41) is 4.11. The van der Waals surface area contributed by atoms with E-state index in [0.29, 0.717) is 5.82 Å². The fourth-order valence-electron chi connectivity index (χ4n) is 2.27. The molecule has 0 fully saturated rings. The number of rotatable bonds is 6. The number of ether oxygens (including phenoxy) is 1. The summed E-state index contributed by atoms with van der Waals surface area (Å²) in [5.74, 6) is 0.397. The second kappa shape index (κ2) is 7.00. The Morgan fingerprint density at radius 3 is 2.50 bits per heavy atom. The van der Waals surface area contributed by atoms with E-state index in [-0.39, 0.29) is 16.6 Å². The number of sulfonamides is 1. The zero-order valence-electron chi connectivity index (χ0n) is 14.5. The van der Waals surface area contributed by atoms with Gasteiger partial charge in [0.1, 0.15) is 5.69 Å². The van der Waals surface area contributed by atoms with E-state index in [1.165, 1.54) is 25.4 Å². The highest BCUT2D eigenvalue weighted by molar-refractivity contribution is 7.92. The molecule has 1 aromatic carbocycles. The van der Waals surface area contributed by atoms with Crippen molar-refractivity contribution in [3.8, 4) is 11.7 Å². The van der Waals surface area contributed by atoms with Crippen LogP contribution < -0.4 is 14.4 Å². The average Bonchev–Trinajstić information content (AvgIpc) is 3.16. The molecule has 0 amide bonds. The van der Waals surface area contributed by atoms with Gasteiger partial charge in [0.2, 0.25) is 0 Å². The molecule has 0 aliphatic heterocycles. The predicted molar refractivity (Wildman–Crippen MR) is 97.3 cm³/mol. The number of methoxy groups -OCH3 is 1. The van der Waals surface area contributed by atoms with E-state index in [9.17, 15) is 8.42 Å². The summed E-state index contributed by atoms with van der Waals surface area (Å²) in [6.07, 6.45) is 4.80. The molecule has 0 bridgehead atoms. The number of nitrogens with one attached hydrogen (secondary N) is 1. The SMILES string of the molecule is COc1ncc(NS(=O)(=O)c2ccc(-n3cccn3)cc2)c(N(C)C)n1. The molecule has 9 nitrogen and oxygen atoms in total. The minimum atomic E-state index is -3.80. The van der Waals surface area contributed by atoms with Crippen molar-refractivity contribution in [2.24, 2.45) is 0 Å². The van der Waals surface area contributed by atoms with Gasteiger partial charge < -0.3 is 9.64 Å². The van der Waals surface area contributed by atoms with Gasteiger partial charge in [-0.2, -0.15) is 10.1 Å². The number of nitrogens with zero attached hydrogens (tertiary/aromatic N) is 5. The van der Waals surface area contributed by atoms with Crippen LogP contribution in [-0.2, 0) is 10.0 Å². The average molecular weight is 374 g/mol. The lowest BCUT2D eigenvalue weighted by molar-refractivity contribution is 0.380. The summed E-state index contributed by atoms with van der Waals surface area (Å²) < 4.78 is 34.5. The minimum Gasteiger partial charge on any atom is -0.467 e. The molecule has 26 heavy (non-hydrogen) atoms. The number of hydrogen-bond donors (Lipinski definition) is 1. The van der Waals surface area contributed by atoms with Crippen molar-refractivity contribution in [2.45, 2.75) is 4.90 Å². The quantitative estimate of drug-likeness (QED) is 0.698. The highest BCUT2D eigenvalue weighted by Gasteiger charge is 2.19. The van der Waals surface area contributed by atoms with Crippen LogP contribution in [-0.4, -0.2) is 49.4 Å². The van der Waals surface area contributed by atoms with Crippen LogP contribution in [0, 0.1) is 0 Å². The molecule has 10 heteroatoms. The summed E-state index contributed by atoms with van der Waals surface area (Å²) in [7, 11) is 1.14. The lowest BCUT2D eigenvalue weighted by Gasteiger charge is -2.17. The van der Waals surface area contributed by atoms with Crippen molar-refractivity contribution in [1.82, 2.24) is 19.7 Å². The second-order valence-corrected chi connectivity index (χ2v) is 7.22. The predicted octanol–water partition coefficient (Wildman–Crippen LogP) is 1.54. The van der Waals surface area contributed by atoms with Gasteiger partial charge in [0.15, 0.2) is 5.82 Å². The van der Waals surface area contributed by atoms with Gasteiger partial charge in [-0.3, -0.25) is 4.72 Å². The molecule has 3 rings (SSSR count). The van der Waals surface area contributed by atoms with Gasteiger partial charge in [-0.05, 0) is 30.3 Å². The topological polar surface area (TPSA) is 102 Å². The van der Waals surface area contributed by atoms with E-state index in [4.69, 9.17) is 4.74 Å². The molecular formula is C16H18N6O3S. The Kier molecular flexibility index (Phi) is 4.76. The molecule has 0 spiro atoms. The molecule has 2 heterocycles. The smallest absolute Gasteiger partial charge is 0.318 e. The maximum atomic E-state index is 12.7. The Labute approximate surface area is 151 Å². The van der Waals surface area contributed by atoms with Crippen LogP contribution in [0.4, 0.5) is 11.5 Å². The summed E-state index contributed by atoms with van der Waals surface area (Å²) in [6.45, 7) is 0. The van der Waals surface area contributed by atoms with Gasteiger partial charge in [-0.15, -0.1) is 0 Å². The molecule has 0 saturated heterocycles. The maximum absolute atomic E-state index is 12.7. The van der Waals surface area contributed by atoms with Crippen molar-refractivity contribution < 1.29 is 13.2 Å². The summed E-state index contributed by atoms with van der Waals surface area (Å²) in [6, 6.07) is 8.33. The second-order valence-electron chi connectivity index (χ2n) is 5.54. The van der Waals surface area contributed by atoms with E-state index >= 15 is 0 Å². The van der Waals surface area contributed by atoms with Crippen molar-refractivity contribution in [2.75, 3.05) is 30.8 Å². The monoisotopic (exact) mass is 374 g/mol. The third-order valence-corrected chi connectivity index (χ3v) is 4.89. The molecule has 0 aliphatic rings. The summed E-state index contributed by atoms with van der Waals surface area (Å²) in [4.78, 5) is 9.93. The molecule has 2 aromatic heterocycles. The van der Waals surface area contributed by atoms with Crippen LogP contribution in [0.1, 0.15) is 0 Å². The summed E-state index contributed by atoms with van der Waals surface area (Å²) >= 11 is 0. The van der Waals surface area contributed by atoms with Gasteiger partial charge in [0.05, 0.1) is 23.9 Å². The Bertz CT molecular complexity index is 985. The molecule has 1 N–H and O–H groups in total.